The van der Waals surface area contributed by atoms with Gasteiger partial charge in [-0.15, -0.1) is 0 Å². The fourth-order valence-corrected chi connectivity index (χ4v) is 2.16. The van der Waals surface area contributed by atoms with E-state index in [0.717, 1.165) is 6.26 Å². The summed E-state index contributed by atoms with van der Waals surface area (Å²) in [7, 11) is -3.20. The van der Waals surface area contributed by atoms with Gasteiger partial charge in [0.2, 0.25) is 0 Å². The highest BCUT2D eigenvalue weighted by molar-refractivity contribution is 7.90. The van der Waals surface area contributed by atoms with Crippen molar-refractivity contribution in [3.05, 3.63) is 52.9 Å². The Balaban J connectivity index is 2.51. The number of aromatic nitrogens is 1. The van der Waals surface area contributed by atoms with Gasteiger partial charge in [-0.3, -0.25) is 4.79 Å². The van der Waals surface area contributed by atoms with Crippen LogP contribution in [0.5, 0.6) is 0 Å². The molecule has 1 N–H and O–H groups in total. The number of sulfone groups is 1. The van der Waals surface area contributed by atoms with E-state index in [-0.39, 0.29) is 10.5 Å². The lowest BCUT2D eigenvalue weighted by Crippen LogP contribution is -2.07. The molecule has 0 bridgehead atoms. The second-order valence-corrected chi connectivity index (χ2v) is 5.73. The van der Waals surface area contributed by atoms with Crippen LogP contribution in [0.25, 0.3) is 11.1 Å². The molecule has 0 amide bonds. The summed E-state index contributed by atoms with van der Waals surface area (Å²) < 4.78 is 22.6. The largest absolute Gasteiger partial charge is 0.329 e. The Morgan fingerprint density at radius 1 is 1.06 bits per heavy atom. The van der Waals surface area contributed by atoms with Crippen LogP contribution in [0.2, 0.25) is 0 Å². The number of hydrogen-bond acceptors (Lipinski definition) is 3. The first kappa shape index (κ1) is 11.6. The smallest absolute Gasteiger partial charge is 0.255 e. The summed E-state index contributed by atoms with van der Waals surface area (Å²) in [5.41, 5.74) is 1.02. The lowest BCUT2D eigenvalue weighted by Gasteiger charge is -2.02. The topological polar surface area (TPSA) is 67.0 Å². The van der Waals surface area contributed by atoms with Gasteiger partial charge in [-0.25, -0.2) is 8.42 Å². The van der Waals surface area contributed by atoms with Gasteiger partial charge in [0.05, 0.1) is 4.90 Å². The minimum absolute atomic E-state index is 0.195. The summed E-state index contributed by atoms with van der Waals surface area (Å²) in [5.74, 6) is 0. The van der Waals surface area contributed by atoms with Crippen LogP contribution in [0.4, 0.5) is 0 Å². The zero-order chi connectivity index (χ0) is 12.5. The Morgan fingerprint density at radius 2 is 1.71 bits per heavy atom. The first-order valence-electron chi connectivity index (χ1n) is 4.97. The highest BCUT2D eigenvalue weighted by Gasteiger charge is 2.07. The molecule has 0 aliphatic carbocycles. The first-order valence-corrected chi connectivity index (χ1v) is 6.86. The molecule has 88 valence electrons. The summed E-state index contributed by atoms with van der Waals surface area (Å²) in [5, 5.41) is 0. The van der Waals surface area contributed by atoms with Crippen molar-refractivity contribution in [1.82, 2.24) is 4.98 Å². The zero-order valence-electron chi connectivity index (χ0n) is 9.17. The Hall–Kier alpha value is -1.88. The molecule has 0 spiro atoms. The molecule has 0 aliphatic heterocycles. The lowest BCUT2D eigenvalue weighted by atomic mass is 10.1. The van der Waals surface area contributed by atoms with Gasteiger partial charge in [-0.1, -0.05) is 12.1 Å². The molecule has 0 saturated heterocycles. The second-order valence-electron chi connectivity index (χ2n) is 3.71. The molecular weight excluding hydrogens is 238 g/mol. The molecular formula is C12H11NO3S. The molecule has 2 aromatic rings. The van der Waals surface area contributed by atoms with Gasteiger partial charge in [-0.05, 0) is 29.8 Å². The van der Waals surface area contributed by atoms with Crippen LogP contribution in [0, 0.1) is 0 Å². The Kier molecular flexibility index (Phi) is 2.85. The average molecular weight is 249 g/mol. The van der Waals surface area contributed by atoms with Crippen LogP contribution in [-0.4, -0.2) is 19.7 Å². The average Bonchev–Trinajstić information content (AvgIpc) is 2.29. The molecule has 2 rings (SSSR count). The molecule has 0 saturated carbocycles. The van der Waals surface area contributed by atoms with Gasteiger partial charge in [0.1, 0.15) is 0 Å². The van der Waals surface area contributed by atoms with Crippen molar-refractivity contribution in [2.45, 2.75) is 4.90 Å². The minimum atomic E-state index is -3.20. The molecule has 1 heterocycles. The van der Waals surface area contributed by atoms with E-state index < -0.39 is 9.84 Å². The molecule has 1 aromatic heterocycles. The van der Waals surface area contributed by atoms with Crippen molar-refractivity contribution in [1.29, 1.82) is 0 Å². The summed E-state index contributed by atoms with van der Waals surface area (Å²) in [6, 6.07) is 9.66. The third-order valence-electron chi connectivity index (χ3n) is 2.41. The van der Waals surface area contributed by atoms with E-state index in [1.54, 1.807) is 30.5 Å². The monoisotopic (exact) mass is 249 g/mol. The van der Waals surface area contributed by atoms with E-state index in [2.05, 4.69) is 4.98 Å². The Bertz CT molecular complexity index is 684. The first-order chi connectivity index (χ1) is 7.98. The van der Waals surface area contributed by atoms with Crippen molar-refractivity contribution in [2.75, 3.05) is 6.26 Å². The third-order valence-corrected chi connectivity index (χ3v) is 3.54. The lowest BCUT2D eigenvalue weighted by molar-refractivity contribution is 0.602. The quantitative estimate of drug-likeness (QED) is 0.875. The van der Waals surface area contributed by atoms with Crippen molar-refractivity contribution in [3.63, 3.8) is 0 Å². The van der Waals surface area contributed by atoms with Crippen LogP contribution in [-0.2, 0) is 9.84 Å². The maximum Gasteiger partial charge on any atom is 0.255 e. The maximum atomic E-state index is 11.5. The number of H-pyrrole nitrogens is 1. The summed E-state index contributed by atoms with van der Waals surface area (Å²) in [6.45, 7) is 0. The van der Waals surface area contributed by atoms with E-state index in [0.29, 0.717) is 11.1 Å². The zero-order valence-corrected chi connectivity index (χ0v) is 9.99. The Labute approximate surface area is 98.9 Å². The summed E-state index contributed by atoms with van der Waals surface area (Å²) >= 11 is 0. The number of rotatable bonds is 2. The fraction of sp³-hybridized carbons (Fsp3) is 0.0833. The standard InChI is InChI=1S/C12H11NO3S/c1-17(15,16)10-6-4-9(5-7-10)11-3-2-8-13-12(11)14/h2-8H,1H3,(H,13,14). The molecule has 0 aliphatic rings. The van der Waals surface area contributed by atoms with Crippen LogP contribution in [0.1, 0.15) is 0 Å². The van der Waals surface area contributed by atoms with Gasteiger partial charge < -0.3 is 4.98 Å². The molecule has 0 atom stereocenters. The molecule has 0 radical (unpaired) electrons. The van der Waals surface area contributed by atoms with Crippen LogP contribution in [0.3, 0.4) is 0 Å². The number of nitrogens with one attached hydrogen (secondary N) is 1. The normalized spacial score (nSPS) is 11.4. The van der Waals surface area contributed by atoms with Crippen LogP contribution >= 0.6 is 0 Å². The Morgan fingerprint density at radius 3 is 2.24 bits per heavy atom. The molecule has 1 aromatic carbocycles. The van der Waals surface area contributed by atoms with Crippen molar-refractivity contribution in [3.8, 4) is 11.1 Å². The SMILES string of the molecule is CS(=O)(=O)c1ccc(-c2ccc[nH]c2=O)cc1. The van der Waals surface area contributed by atoms with Gasteiger partial charge in [0.25, 0.3) is 5.56 Å². The van der Waals surface area contributed by atoms with Gasteiger partial charge in [0, 0.05) is 18.0 Å². The van der Waals surface area contributed by atoms with Gasteiger partial charge in [-0.2, -0.15) is 0 Å². The van der Waals surface area contributed by atoms with Crippen LogP contribution < -0.4 is 5.56 Å². The van der Waals surface area contributed by atoms with E-state index in [1.165, 1.54) is 12.1 Å². The van der Waals surface area contributed by atoms with Crippen molar-refractivity contribution in [2.24, 2.45) is 0 Å². The van der Waals surface area contributed by atoms with E-state index in [1.807, 2.05) is 0 Å². The molecule has 0 unspecified atom stereocenters. The number of benzene rings is 1. The van der Waals surface area contributed by atoms with E-state index in [9.17, 15) is 13.2 Å². The second kappa shape index (κ2) is 4.18. The van der Waals surface area contributed by atoms with Crippen molar-refractivity contribution >= 4 is 9.84 Å². The summed E-state index contributed by atoms with van der Waals surface area (Å²) in [4.78, 5) is 14.3. The molecule has 17 heavy (non-hydrogen) atoms. The highest BCUT2D eigenvalue weighted by atomic mass is 32.2. The van der Waals surface area contributed by atoms with Crippen LogP contribution in [0.15, 0.2) is 52.3 Å². The fourth-order valence-electron chi connectivity index (χ4n) is 1.53. The number of hydrogen-bond donors (Lipinski definition) is 1. The maximum absolute atomic E-state index is 11.5. The van der Waals surface area contributed by atoms with E-state index in [4.69, 9.17) is 0 Å². The number of pyridine rings is 1. The van der Waals surface area contributed by atoms with Gasteiger partial charge in [0.15, 0.2) is 9.84 Å². The third kappa shape index (κ3) is 2.45. The predicted octanol–water partition coefficient (Wildman–Crippen LogP) is 1.45. The van der Waals surface area contributed by atoms with E-state index >= 15 is 0 Å². The highest BCUT2D eigenvalue weighted by Crippen LogP contribution is 2.17. The minimum Gasteiger partial charge on any atom is -0.329 e. The van der Waals surface area contributed by atoms with Crippen molar-refractivity contribution < 1.29 is 8.42 Å². The van der Waals surface area contributed by atoms with Gasteiger partial charge >= 0.3 is 0 Å². The molecule has 0 fully saturated rings. The number of aromatic amines is 1. The molecule has 5 heteroatoms. The summed E-state index contributed by atoms with van der Waals surface area (Å²) in [6.07, 6.45) is 2.70. The predicted molar refractivity (Wildman–Crippen MR) is 65.6 cm³/mol. The molecule has 4 nitrogen and oxygen atoms in total.